The molecule has 0 bridgehead atoms. The lowest BCUT2D eigenvalue weighted by atomic mass is 9.91. The van der Waals surface area contributed by atoms with E-state index in [2.05, 4.69) is 11.6 Å². The Morgan fingerprint density at radius 2 is 1.73 bits per heavy atom. The van der Waals surface area contributed by atoms with Gasteiger partial charge in [0.2, 0.25) is 11.0 Å². The Bertz CT molecular complexity index is 768. The van der Waals surface area contributed by atoms with Crippen molar-refractivity contribution < 1.29 is 39.7 Å². The maximum absolute atomic E-state index is 14.0. The smallest absolute Gasteiger partial charge is 0.357 e. The van der Waals surface area contributed by atoms with Gasteiger partial charge >= 0.3 is 16.8 Å². The molecule has 0 spiro atoms. The minimum Gasteiger partial charge on any atom is -0.357 e. The number of alkyl halides is 8. The van der Waals surface area contributed by atoms with Crippen molar-refractivity contribution in [1.82, 2.24) is 4.31 Å². The molecular weight excluding hydrogens is 463 g/mol. The summed E-state index contributed by atoms with van der Waals surface area (Å²) in [6.45, 7) is 1.63. The summed E-state index contributed by atoms with van der Waals surface area (Å²) in [6.07, 6.45) is -5.80. The number of rotatable bonds is 8. The minimum atomic E-state index is -5.47. The molecule has 170 valence electrons. The quantitative estimate of drug-likeness (QED) is 0.253. The zero-order valence-corrected chi connectivity index (χ0v) is 17.2. The molecule has 0 N–H and O–H groups in total. The highest BCUT2D eigenvalue weighted by molar-refractivity contribution is 7.84. The third-order valence-electron chi connectivity index (χ3n) is 4.37. The van der Waals surface area contributed by atoms with Crippen molar-refractivity contribution in [3.63, 3.8) is 0 Å². The van der Waals surface area contributed by atoms with Gasteiger partial charge in [-0.3, -0.25) is 4.31 Å². The Kier molecular flexibility index (Phi) is 7.84. The van der Waals surface area contributed by atoms with Crippen LogP contribution in [0.3, 0.4) is 0 Å². The molecule has 3 nitrogen and oxygen atoms in total. The van der Waals surface area contributed by atoms with Crippen LogP contribution in [-0.4, -0.2) is 38.2 Å². The highest BCUT2D eigenvalue weighted by atomic mass is 35.5. The Hall–Kier alpha value is -1.33. The maximum Gasteiger partial charge on any atom is 0.431 e. The Morgan fingerprint density at radius 3 is 2.23 bits per heavy atom. The van der Waals surface area contributed by atoms with Crippen LogP contribution in [0.15, 0.2) is 42.1 Å². The molecule has 12 heteroatoms. The molecule has 1 aliphatic rings. The number of unbranched alkanes of at least 4 members (excludes halogenated alkanes) is 1. The Morgan fingerprint density at radius 1 is 1.13 bits per heavy atom. The second kappa shape index (κ2) is 9.44. The van der Waals surface area contributed by atoms with E-state index in [1.165, 1.54) is 12.1 Å². The van der Waals surface area contributed by atoms with Crippen molar-refractivity contribution >= 4 is 22.6 Å². The van der Waals surface area contributed by atoms with Gasteiger partial charge in [0.1, 0.15) is 11.9 Å². The normalized spacial score (nSPS) is 22.0. The molecule has 0 radical (unpaired) electrons. The molecule has 0 fully saturated rings. The van der Waals surface area contributed by atoms with Crippen LogP contribution in [0.5, 0.6) is 0 Å². The minimum absolute atomic E-state index is 0.135. The summed E-state index contributed by atoms with van der Waals surface area (Å²) in [4.78, 5) is 0. The molecule has 1 heterocycles. The number of hydrogen-bond donors (Lipinski definition) is 0. The summed E-state index contributed by atoms with van der Waals surface area (Å²) in [5.74, 6) is -0.923. The van der Waals surface area contributed by atoms with Crippen molar-refractivity contribution in [3.05, 3.63) is 47.7 Å². The van der Waals surface area contributed by atoms with Crippen molar-refractivity contribution in [1.29, 1.82) is 0 Å². The standard InChI is InChI=1S/C18H19ClF7NO2S/c1-2-3-9-29-15-11-13(12-7-5-4-6-8-12)10-14(16(20,21)22)27(15)30(28)18(25,26)17(19,23)24/h4-8,10,13,15H,2-3,9,11H2,1H3/t13-,15-,30-/m0/s1. The second-order valence-electron chi connectivity index (χ2n) is 6.57. The van der Waals surface area contributed by atoms with E-state index in [4.69, 9.17) is 4.74 Å². The van der Waals surface area contributed by atoms with E-state index in [0.29, 0.717) is 24.5 Å². The summed E-state index contributed by atoms with van der Waals surface area (Å²) in [6, 6.07) is 7.87. The lowest BCUT2D eigenvalue weighted by Crippen LogP contribution is -2.54. The zero-order chi connectivity index (χ0) is 22.7. The van der Waals surface area contributed by atoms with Crippen molar-refractivity contribution in [2.45, 2.75) is 55.1 Å². The number of benzene rings is 1. The van der Waals surface area contributed by atoms with Crippen LogP contribution >= 0.6 is 11.6 Å². The monoisotopic (exact) mass is 481 g/mol. The second-order valence-corrected chi connectivity index (χ2v) is 8.45. The summed E-state index contributed by atoms with van der Waals surface area (Å²) >= 11 is 4.36. The molecular formula is C18H19ClF7NO2S. The highest BCUT2D eigenvalue weighted by Crippen LogP contribution is 2.47. The predicted octanol–water partition coefficient (Wildman–Crippen LogP) is 6.15. The van der Waals surface area contributed by atoms with Gasteiger partial charge in [0.15, 0.2) is 0 Å². The van der Waals surface area contributed by atoms with Gasteiger partial charge in [-0.05, 0) is 29.7 Å². The number of allylic oxidation sites excluding steroid dienone is 2. The first-order chi connectivity index (χ1) is 13.8. The molecule has 0 aromatic heterocycles. The first-order valence-corrected chi connectivity index (χ1v) is 10.4. The number of nitrogens with zero attached hydrogens (tertiary/aromatic N) is 1. The number of hydrogen-bond acceptors (Lipinski definition) is 2. The SMILES string of the molecule is CCCCO[C@H]1C[C@@H](c2ccccc2)C=C(C(F)(F)F)N1[S@@](=O)C(F)(F)C(F)(F)Cl. The van der Waals surface area contributed by atoms with Crippen LogP contribution in [0.1, 0.15) is 37.7 Å². The molecule has 0 aliphatic carbocycles. The van der Waals surface area contributed by atoms with Crippen LogP contribution in [0.25, 0.3) is 0 Å². The summed E-state index contributed by atoms with van der Waals surface area (Å²) in [5, 5.41) is -10.8. The van der Waals surface area contributed by atoms with Gasteiger partial charge in [0.25, 0.3) is 0 Å². The fourth-order valence-electron chi connectivity index (χ4n) is 2.87. The van der Waals surface area contributed by atoms with Crippen LogP contribution < -0.4 is 0 Å². The number of halogens is 8. The molecule has 1 aromatic carbocycles. The van der Waals surface area contributed by atoms with Crippen molar-refractivity contribution in [2.24, 2.45) is 0 Å². The average Bonchev–Trinajstić information content (AvgIpc) is 2.66. The molecule has 1 aliphatic heterocycles. The maximum atomic E-state index is 14.0. The largest absolute Gasteiger partial charge is 0.431 e. The van der Waals surface area contributed by atoms with Crippen LogP contribution in [0.2, 0.25) is 0 Å². The van der Waals surface area contributed by atoms with Crippen molar-refractivity contribution in [2.75, 3.05) is 6.61 Å². The van der Waals surface area contributed by atoms with Gasteiger partial charge < -0.3 is 4.74 Å². The predicted molar refractivity (Wildman–Crippen MR) is 98.3 cm³/mol. The van der Waals surface area contributed by atoms with Crippen molar-refractivity contribution in [3.8, 4) is 0 Å². The fraction of sp³-hybridized carbons (Fsp3) is 0.556. The van der Waals surface area contributed by atoms with Crippen LogP contribution in [0, 0.1) is 0 Å². The first kappa shape index (κ1) is 24.9. The first-order valence-electron chi connectivity index (χ1n) is 8.92. The van der Waals surface area contributed by atoms with Gasteiger partial charge in [0, 0.05) is 18.9 Å². The molecule has 1 aromatic rings. The van der Waals surface area contributed by atoms with E-state index in [1.807, 2.05) is 0 Å². The van der Waals surface area contributed by atoms with Gasteiger partial charge in [-0.15, -0.1) is 0 Å². The Labute approximate surface area is 176 Å². The summed E-state index contributed by atoms with van der Waals surface area (Å²) in [7, 11) is -4.16. The topological polar surface area (TPSA) is 29.5 Å². The molecule has 0 saturated heterocycles. The summed E-state index contributed by atoms with van der Waals surface area (Å²) in [5.41, 5.74) is -1.31. The van der Waals surface area contributed by atoms with E-state index >= 15 is 0 Å². The fourth-order valence-corrected chi connectivity index (χ4v) is 4.22. The van der Waals surface area contributed by atoms with E-state index < -0.39 is 45.6 Å². The van der Waals surface area contributed by atoms with Gasteiger partial charge in [0.05, 0.1) is 0 Å². The average molecular weight is 482 g/mol. The molecule has 0 saturated carbocycles. The van der Waals surface area contributed by atoms with Gasteiger partial charge in [-0.25, -0.2) is 4.21 Å². The van der Waals surface area contributed by atoms with Gasteiger partial charge in [-0.2, -0.15) is 30.7 Å². The van der Waals surface area contributed by atoms with Gasteiger partial charge in [-0.1, -0.05) is 43.7 Å². The zero-order valence-electron chi connectivity index (χ0n) is 15.6. The molecule has 30 heavy (non-hydrogen) atoms. The lowest BCUT2D eigenvalue weighted by Gasteiger charge is -2.41. The van der Waals surface area contributed by atoms with E-state index in [-0.39, 0.29) is 17.3 Å². The Balaban J connectivity index is 2.56. The van der Waals surface area contributed by atoms with Crippen LogP contribution in [0.4, 0.5) is 30.7 Å². The third kappa shape index (κ3) is 5.47. The summed E-state index contributed by atoms with van der Waals surface area (Å²) < 4.78 is 113. The lowest BCUT2D eigenvalue weighted by molar-refractivity contribution is -0.132. The van der Waals surface area contributed by atoms with E-state index in [1.54, 1.807) is 25.1 Å². The van der Waals surface area contributed by atoms with Crippen LogP contribution in [-0.2, 0) is 15.7 Å². The molecule has 3 atom stereocenters. The molecule has 0 amide bonds. The third-order valence-corrected chi connectivity index (χ3v) is 6.20. The van der Waals surface area contributed by atoms with E-state index in [9.17, 15) is 34.9 Å². The highest BCUT2D eigenvalue weighted by Gasteiger charge is 2.64. The number of ether oxygens (including phenoxy) is 1. The molecule has 0 unspecified atom stereocenters. The van der Waals surface area contributed by atoms with E-state index in [0.717, 1.165) is 0 Å². The molecule has 2 rings (SSSR count).